The van der Waals surface area contributed by atoms with Crippen molar-refractivity contribution in [2.45, 2.75) is 18.9 Å². The van der Waals surface area contributed by atoms with Crippen LogP contribution < -0.4 is 26.9 Å². The fraction of sp³-hybridized carbons (Fsp3) is 1.00. The Morgan fingerprint density at radius 3 is 2.83 bits per heavy atom. The van der Waals surface area contributed by atoms with Crippen LogP contribution in [0.2, 0.25) is 0 Å². The second kappa shape index (κ2) is 4.74. The van der Waals surface area contributed by atoms with Gasteiger partial charge in [0.15, 0.2) is 0 Å². The maximum atomic E-state index is 5.44. The van der Waals surface area contributed by atoms with E-state index in [1.807, 2.05) is 0 Å². The van der Waals surface area contributed by atoms with Crippen LogP contribution in [0.4, 0.5) is 0 Å². The number of nitrogens with one attached hydrogen (secondary N) is 1. The van der Waals surface area contributed by atoms with Crippen molar-refractivity contribution in [1.29, 1.82) is 0 Å². The molecule has 0 saturated carbocycles. The molecule has 72 valence electrons. The summed E-state index contributed by atoms with van der Waals surface area (Å²) in [6.07, 6.45) is 2.67. The molecule has 0 unspecified atom stereocenters. The van der Waals surface area contributed by atoms with Crippen molar-refractivity contribution in [1.82, 2.24) is 10.2 Å². The third-order valence-corrected chi connectivity index (χ3v) is 4.60. The monoisotopic (exact) mass is 283 g/mol. The molecular weight excluding hydrogens is 267 g/mol. The van der Waals surface area contributed by atoms with Crippen LogP contribution in [0.1, 0.15) is 12.8 Å². The van der Waals surface area contributed by atoms with Crippen molar-refractivity contribution in [3.63, 3.8) is 0 Å². The van der Waals surface area contributed by atoms with Gasteiger partial charge in [-0.1, -0.05) is 0 Å². The third kappa shape index (κ3) is 2.31. The second-order valence-corrected chi connectivity index (χ2v) is 5.26. The minimum absolute atomic E-state index is 0.0531. The molecule has 4 heteroatoms. The van der Waals surface area contributed by atoms with Crippen molar-refractivity contribution < 1.29 is 24.7 Å². The van der Waals surface area contributed by atoms with Crippen molar-refractivity contribution in [2.24, 2.45) is 0 Å². The van der Waals surface area contributed by atoms with E-state index >= 15 is 0 Å². The molecule has 2 fully saturated rings. The van der Waals surface area contributed by atoms with Gasteiger partial charge in [0.1, 0.15) is 0 Å². The number of rotatable bonds is 1. The van der Waals surface area contributed by atoms with Crippen LogP contribution in [0.5, 0.6) is 0 Å². The number of nitrogens with zero attached hydrogens (tertiary/aromatic N) is 1. The predicted octanol–water partition coefficient (Wildman–Crippen LogP) is -2.97. The van der Waals surface area contributed by atoms with Crippen LogP contribution in [-0.2, 0) is 3.07 Å². The fourth-order valence-corrected chi connectivity index (χ4v) is 3.78. The van der Waals surface area contributed by atoms with E-state index in [0.29, 0.717) is 0 Å². The Bertz CT molecular complexity index is 117. The van der Waals surface area contributed by atoms with Crippen LogP contribution in [-0.4, -0.2) is 41.7 Å². The minimum atomic E-state index is 0.0531. The van der Waals surface area contributed by atoms with E-state index in [-0.39, 0.29) is 21.6 Å². The molecule has 0 radical (unpaired) electrons. The van der Waals surface area contributed by atoms with Crippen molar-refractivity contribution in [2.75, 3.05) is 30.8 Å². The number of hydrogen-bond donors (Lipinski definition) is 1. The van der Waals surface area contributed by atoms with Crippen LogP contribution >= 0.6 is 0 Å². The molecule has 0 bridgehead atoms. The molecule has 2 aliphatic heterocycles. The summed E-state index contributed by atoms with van der Waals surface area (Å²) in [6.45, 7) is 4.57. The molecule has 2 rings (SSSR count). The normalized spacial score (nSPS) is 29.7. The Hall–Kier alpha value is 0.610. The van der Waals surface area contributed by atoms with E-state index in [1.165, 1.54) is 37.0 Å². The Labute approximate surface area is 84.6 Å². The van der Waals surface area contributed by atoms with E-state index in [2.05, 4.69) is 10.2 Å². The van der Waals surface area contributed by atoms with Crippen molar-refractivity contribution in [3.05, 3.63) is 0 Å². The summed E-state index contributed by atoms with van der Waals surface area (Å²) in [5.41, 5.74) is 0. The van der Waals surface area contributed by atoms with E-state index in [9.17, 15) is 0 Å². The fourth-order valence-electron chi connectivity index (χ4n) is 1.82. The first kappa shape index (κ1) is 9.18. The average molecular weight is 283 g/mol. The Morgan fingerprint density at radius 1 is 1.33 bits per heavy atom. The van der Waals surface area contributed by atoms with Gasteiger partial charge < -0.3 is 0 Å². The van der Waals surface area contributed by atoms with Gasteiger partial charge in [0.2, 0.25) is 0 Å². The summed E-state index contributed by atoms with van der Waals surface area (Å²) >= 11 is 0.0531. The SMILES string of the molecule is C1CC(N2CCO[I-]C2)CCN1. The van der Waals surface area contributed by atoms with Gasteiger partial charge in [-0.3, -0.25) is 0 Å². The molecule has 2 heterocycles. The first-order valence-corrected chi connectivity index (χ1v) is 7.03. The molecule has 2 aliphatic rings. The van der Waals surface area contributed by atoms with Gasteiger partial charge in [0, 0.05) is 0 Å². The summed E-state index contributed by atoms with van der Waals surface area (Å²) < 4.78 is 6.70. The van der Waals surface area contributed by atoms with Crippen LogP contribution in [0.3, 0.4) is 0 Å². The number of halogens is 1. The van der Waals surface area contributed by atoms with Crippen LogP contribution in [0, 0.1) is 0 Å². The molecular formula is C8H16IN2O-. The Kier molecular flexibility index (Phi) is 3.62. The van der Waals surface area contributed by atoms with Gasteiger partial charge >= 0.3 is 84.6 Å². The molecule has 0 atom stereocenters. The van der Waals surface area contributed by atoms with Gasteiger partial charge in [-0.25, -0.2) is 0 Å². The van der Waals surface area contributed by atoms with Gasteiger partial charge in [-0.15, -0.1) is 0 Å². The molecule has 3 nitrogen and oxygen atoms in total. The van der Waals surface area contributed by atoms with E-state index in [0.717, 1.165) is 12.6 Å². The van der Waals surface area contributed by atoms with Gasteiger partial charge in [-0.2, -0.15) is 0 Å². The second-order valence-electron chi connectivity index (χ2n) is 3.34. The topological polar surface area (TPSA) is 24.5 Å². The molecule has 0 aromatic carbocycles. The number of piperidine rings is 1. The molecule has 12 heavy (non-hydrogen) atoms. The summed E-state index contributed by atoms with van der Waals surface area (Å²) in [4.78, 5) is 2.64. The van der Waals surface area contributed by atoms with Crippen LogP contribution in [0.15, 0.2) is 0 Å². The number of alkyl halides is 1. The van der Waals surface area contributed by atoms with Crippen LogP contribution in [0.25, 0.3) is 0 Å². The zero-order chi connectivity index (χ0) is 8.23. The molecule has 0 aromatic rings. The summed E-state index contributed by atoms with van der Waals surface area (Å²) in [6, 6.07) is 0.856. The standard InChI is InChI=1S/C8H16IN2O/c1-3-10-4-2-8(1)11-5-6-12-9-7-11/h8,10H,1-7H2/q-1. The van der Waals surface area contributed by atoms with Gasteiger partial charge in [-0.05, 0) is 0 Å². The van der Waals surface area contributed by atoms with E-state index < -0.39 is 0 Å². The van der Waals surface area contributed by atoms with Crippen molar-refractivity contribution in [3.8, 4) is 0 Å². The van der Waals surface area contributed by atoms with E-state index in [4.69, 9.17) is 3.07 Å². The Balaban J connectivity index is 1.80. The number of hydrogen-bond acceptors (Lipinski definition) is 3. The van der Waals surface area contributed by atoms with Gasteiger partial charge in [0.25, 0.3) is 0 Å². The molecule has 0 aromatic heterocycles. The summed E-state index contributed by atoms with van der Waals surface area (Å²) in [5.74, 6) is 0. The summed E-state index contributed by atoms with van der Waals surface area (Å²) in [5, 5.41) is 3.40. The molecule has 0 aliphatic carbocycles. The zero-order valence-electron chi connectivity index (χ0n) is 7.26. The maximum absolute atomic E-state index is 5.44. The molecule has 1 N–H and O–H groups in total. The Morgan fingerprint density at radius 2 is 2.17 bits per heavy atom. The quantitative estimate of drug-likeness (QED) is 0.316. The molecule has 0 spiro atoms. The average Bonchev–Trinajstić information content (AvgIpc) is 2.21. The molecule has 0 amide bonds. The summed E-state index contributed by atoms with van der Waals surface area (Å²) in [7, 11) is 0. The molecule has 2 saturated heterocycles. The first-order chi connectivity index (χ1) is 5.97. The first-order valence-electron chi connectivity index (χ1n) is 4.62. The van der Waals surface area contributed by atoms with Gasteiger partial charge in [0.05, 0.1) is 0 Å². The zero-order valence-corrected chi connectivity index (χ0v) is 9.42. The van der Waals surface area contributed by atoms with E-state index in [1.54, 1.807) is 0 Å². The van der Waals surface area contributed by atoms with Crippen molar-refractivity contribution >= 4 is 0 Å². The third-order valence-electron chi connectivity index (χ3n) is 2.56. The predicted molar refractivity (Wildman–Crippen MR) is 43.4 cm³/mol.